The Kier molecular flexibility index (Phi) is 8.18. The topological polar surface area (TPSA) is 81.8 Å². The van der Waals surface area contributed by atoms with Crippen LogP contribution in [0.3, 0.4) is 0 Å². The molecule has 2 aromatic rings. The highest BCUT2D eigenvalue weighted by Crippen LogP contribution is 2.22. The van der Waals surface area contributed by atoms with Crippen molar-refractivity contribution in [3.63, 3.8) is 0 Å². The van der Waals surface area contributed by atoms with Gasteiger partial charge in [-0.15, -0.1) is 0 Å². The predicted molar refractivity (Wildman–Crippen MR) is 132 cm³/mol. The maximum absolute atomic E-state index is 13.1. The van der Waals surface area contributed by atoms with E-state index in [2.05, 4.69) is 27.1 Å². The average Bonchev–Trinajstić information content (AvgIpc) is 3.11. The second-order valence-corrected chi connectivity index (χ2v) is 10.8. The molecule has 0 unspecified atom stereocenters. The molecule has 9 heteroatoms. The quantitative estimate of drug-likeness (QED) is 0.623. The van der Waals surface area contributed by atoms with Crippen molar-refractivity contribution in [3.05, 3.63) is 54.3 Å². The van der Waals surface area contributed by atoms with Gasteiger partial charge in [-0.05, 0) is 74.2 Å². The Labute approximate surface area is 201 Å². The normalized spacial score (nSPS) is 18.4. The zero-order valence-corrected chi connectivity index (χ0v) is 20.2. The number of nitrogens with one attached hydrogen (secondary N) is 2. The van der Waals surface area contributed by atoms with Gasteiger partial charge < -0.3 is 10.2 Å². The van der Waals surface area contributed by atoms with E-state index in [1.807, 2.05) is 17.0 Å². The van der Waals surface area contributed by atoms with Gasteiger partial charge in [0.15, 0.2) is 0 Å². The summed E-state index contributed by atoms with van der Waals surface area (Å²) in [6.45, 7) is 3.69. The molecule has 0 radical (unpaired) electrons. The maximum Gasteiger partial charge on any atom is 0.240 e. The number of anilines is 2. The average molecular weight is 489 g/mol. The Bertz CT molecular complexity index is 1040. The molecule has 0 aromatic heterocycles. The molecule has 0 saturated carbocycles. The van der Waals surface area contributed by atoms with Crippen molar-refractivity contribution >= 4 is 27.3 Å². The van der Waals surface area contributed by atoms with E-state index in [0.29, 0.717) is 25.9 Å². The van der Waals surface area contributed by atoms with E-state index >= 15 is 0 Å². The van der Waals surface area contributed by atoms with Gasteiger partial charge in [-0.25, -0.2) is 17.5 Å². The van der Waals surface area contributed by atoms with Gasteiger partial charge in [-0.3, -0.25) is 9.69 Å². The first-order chi connectivity index (χ1) is 16.4. The zero-order valence-electron chi connectivity index (χ0n) is 19.4. The van der Waals surface area contributed by atoms with Crippen molar-refractivity contribution in [2.75, 3.05) is 42.9 Å². The number of carbonyl (C=O) groups is 1. The van der Waals surface area contributed by atoms with Crippen molar-refractivity contribution in [2.45, 2.75) is 49.5 Å². The summed E-state index contributed by atoms with van der Waals surface area (Å²) in [5.41, 5.74) is 1.98. The highest BCUT2D eigenvalue weighted by atomic mass is 32.2. The second kappa shape index (κ2) is 11.3. The van der Waals surface area contributed by atoms with E-state index in [1.165, 1.54) is 43.5 Å². The van der Waals surface area contributed by atoms with Gasteiger partial charge in [-0.1, -0.05) is 12.8 Å². The first kappa shape index (κ1) is 24.6. The molecular formula is C25H33FN4O3S. The van der Waals surface area contributed by atoms with Crippen LogP contribution in [-0.4, -0.2) is 58.0 Å². The molecule has 2 fully saturated rings. The maximum atomic E-state index is 13.1. The van der Waals surface area contributed by atoms with Crippen LogP contribution in [0.15, 0.2) is 53.4 Å². The lowest BCUT2D eigenvalue weighted by Gasteiger charge is -2.31. The molecular weight excluding hydrogens is 455 g/mol. The van der Waals surface area contributed by atoms with E-state index < -0.39 is 15.8 Å². The molecule has 1 amide bonds. The first-order valence-electron chi connectivity index (χ1n) is 12.0. The summed E-state index contributed by atoms with van der Waals surface area (Å²) >= 11 is 0. The summed E-state index contributed by atoms with van der Waals surface area (Å²) in [4.78, 5) is 17.0. The van der Waals surface area contributed by atoms with Gasteiger partial charge >= 0.3 is 0 Å². The molecule has 34 heavy (non-hydrogen) atoms. The van der Waals surface area contributed by atoms with Crippen LogP contribution in [0.4, 0.5) is 15.8 Å². The molecule has 2 aliphatic heterocycles. The summed E-state index contributed by atoms with van der Waals surface area (Å²) in [6, 6.07) is 12.6. The van der Waals surface area contributed by atoms with E-state index in [1.54, 1.807) is 0 Å². The van der Waals surface area contributed by atoms with Crippen LogP contribution in [0.25, 0.3) is 0 Å². The van der Waals surface area contributed by atoms with Crippen molar-refractivity contribution < 1.29 is 17.6 Å². The molecule has 2 N–H and O–H groups in total. The number of halogens is 1. The van der Waals surface area contributed by atoms with E-state index in [4.69, 9.17) is 0 Å². The summed E-state index contributed by atoms with van der Waals surface area (Å²) in [5.74, 6) is -0.549. The highest BCUT2D eigenvalue weighted by Gasteiger charge is 2.25. The Balaban J connectivity index is 1.22. The molecule has 2 saturated heterocycles. The SMILES string of the molecule is O=C(CN1CCC(NS(=O)(=O)c2ccc(F)cc2)CC1)Nc1ccc(N2CCCCCC2)cc1. The number of benzene rings is 2. The van der Waals surface area contributed by atoms with Crippen LogP contribution in [0, 0.1) is 5.82 Å². The fourth-order valence-electron chi connectivity index (χ4n) is 4.60. The molecule has 7 nitrogen and oxygen atoms in total. The third-order valence-corrected chi connectivity index (χ3v) is 8.06. The fourth-order valence-corrected chi connectivity index (χ4v) is 5.90. The van der Waals surface area contributed by atoms with Gasteiger partial charge in [0.1, 0.15) is 5.82 Å². The number of hydrogen-bond donors (Lipinski definition) is 2. The number of amides is 1. The largest absolute Gasteiger partial charge is 0.372 e. The fraction of sp³-hybridized carbons (Fsp3) is 0.480. The minimum Gasteiger partial charge on any atom is -0.372 e. The number of carbonyl (C=O) groups excluding carboxylic acids is 1. The third kappa shape index (κ3) is 6.77. The third-order valence-electron chi connectivity index (χ3n) is 6.52. The van der Waals surface area contributed by atoms with Crippen molar-refractivity contribution in [3.8, 4) is 0 Å². The van der Waals surface area contributed by atoms with Crippen molar-refractivity contribution in [1.82, 2.24) is 9.62 Å². The molecule has 2 aliphatic rings. The number of hydrogen-bond acceptors (Lipinski definition) is 5. The zero-order chi connectivity index (χ0) is 24.0. The van der Waals surface area contributed by atoms with E-state index in [-0.39, 0.29) is 23.4 Å². The number of rotatable bonds is 7. The summed E-state index contributed by atoms with van der Waals surface area (Å²) in [6.07, 6.45) is 6.26. The van der Waals surface area contributed by atoms with Crippen LogP contribution >= 0.6 is 0 Å². The monoisotopic (exact) mass is 488 g/mol. The Morgan fingerprint density at radius 2 is 1.50 bits per heavy atom. The van der Waals surface area contributed by atoms with Crippen LogP contribution < -0.4 is 14.9 Å². The number of likely N-dealkylation sites (tertiary alicyclic amines) is 1. The second-order valence-electron chi connectivity index (χ2n) is 9.12. The molecule has 0 spiro atoms. The van der Waals surface area contributed by atoms with Gasteiger partial charge in [0.25, 0.3) is 0 Å². The van der Waals surface area contributed by atoms with Crippen molar-refractivity contribution in [1.29, 1.82) is 0 Å². The van der Waals surface area contributed by atoms with Crippen LogP contribution in [0.2, 0.25) is 0 Å². The first-order valence-corrected chi connectivity index (χ1v) is 13.5. The lowest BCUT2D eigenvalue weighted by atomic mass is 10.1. The molecule has 4 rings (SSSR count). The molecule has 0 aliphatic carbocycles. The number of sulfonamides is 1. The van der Waals surface area contributed by atoms with Gasteiger partial charge in [0.05, 0.1) is 11.4 Å². The summed E-state index contributed by atoms with van der Waals surface area (Å²) in [5, 5.41) is 2.97. The molecule has 2 heterocycles. The smallest absolute Gasteiger partial charge is 0.240 e. The molecule has 0 bridgehead atoms. The number of nitrogens with zero attached hydrogens (tertiary/aromatic N) is 2. The van der Waals surface area contributed by atoms with Gasteiger partial charge in [0, 0.05) is 43.6 Å². The molecule has 2 aromatic carbocycles. The lowest BCUT2D eigenvalue weighted by Crippen LogP contribution is -2.46. The van der Waals surface area contributed by atoms with Crippen LogP contribution in [0.5, 0.6) is 0 Å². The number of piperidine rings is 1. The van der Waals surface area contributed by atoms with E-state index in [0.717, 1.165) is 30.9 Å². The van der Waals surface area contributed by atoms with Crippen LogP contribution in [-0.2, 0) is 14.8 Å². The lowest BCUT2D eigenvalue weighted by molar-refractivity contribution is -0.117. The van der Waals surface area contributed by atoms with Gasteiger partial charge in [-0.2, -0.15) is 0 Å². The Morgan fingerprint density at radius 3 is 2.12 bits per heavy atom. The summed E-state index contributed by atoms with van der Waals surface area (Å²) < 4.78 is 40.8. The van der Waals surface area contributed by atoms with E-state index in [9.17, 15) is 17.6 Å². The predicted octanol–water partition coefficient (Wildman–Crippen LogP) is 3.59. The molecule has 184 valence electrons. The highest BCUT2D eigenvalue weighted by molar-refractivity contribution is 7.89. The Morgan fingerprint density at radius 1 is 0.882 bits per heavy atom. The molecule has 0 atom stereocenters. The van der Waals surface area contributed by atoms with Crippen LogP contribution in [0.1, 0.15) is 38.5 Å². The van der Waals surface area contributed by atoms with Gasteiger partial charge in [0.2, 0.25) is 15.9 Å². The Hall–Kier alpha value is -2.49. The summed E-state index contributed by atoms with van der Waals surface area (Å²) in [7, 11) is -3.69. The minimum atomic E-state index is -3.69. The standard InChI is InChI=1S/C25H33FN4O3S/c26-20-5-11-24(12-6-20)34(32,33)28-22-13-17-29(18-14-22)19-25(31)27-21-7-9-23(10-8-21)30-15-3-1-2-4-16-30/h5-12,22,28H,1-4,13-19H2,(H,27,31). The minimum absolute atomic E-state index is 0.0533. The van der Waals surface area contributed by atoms with Crippen molar-refractivity contribution in [2.24, 2.45) is 0 Å².